The van der Waals surface area contributed by atoms with E-state index in [1.54, 1.807) is 18.2 Å². The van der Waals surface area contributed by atoms with Gasteiger partial charge in [-0.2, -0.15) is 5.26 Å². The number of rotatable bonds is 6. The monoisotopic (exact) mass is 241 g/mol. The van der Waals surface area contributed by atoms with E-state index >= 15 is 0 Å². The number of ether oxygens (including phenoxy) is 1. The summed E-state index contributed by atoms with van der Waals surface area (Å²) in [5.74, 6) is -0.207. The third kappa shape index (κ3) is 6.81. The molecule has 0 N–H and O–H groups in total. The highest BCUT2D eigenvalue weighted by molar-refractivity contribution is 5.67. The van der Waals surface area contributed by atoms with Crippen molar-refractivity contribution in [2.45, 2.75) is 6.92 Å². The predicted molar refractivity (Wildman–Crippen MR) is 72.2 cm³/mol. The molecule has 0 atom stereocenters. The van der Waals surface area contributed by atoms with Crippen LogP contribution in [0.15, 0.2) is 73.1 Å². The molecule has 0 saturated carbocycles. The molecule has 3 heteroatoms. The molecule has 0 heterocycles. The molecule has 0 spiro atoms. The van der Waals surface area contributed by atoms with Crippen LogP contribution in [0.3, 0.4) is 0 Å². The maximum atomic E-state index is 10.6. The number of nitrogens with zero attached hydrogens (tertiary/aromatic N) is 1. The Labute approximate surface area is 107 Å². The Bertz CT molecular complexity index is 499. The zero-order valence-corrected chi connectivity index (χ0v) is 10.4. The fourth-order valence-electron chi connectivity index (χ4n) is 0.865. The van der Waals surface area contributed by atoms with E-state index in [4.69, 9.17) is 10.00 Å². The molecule has 18 heavy (non-hydrogen) atoms. The molecule has 3 nitrogen and oxygen atoms in total. The number of hydrogen-bond donors (Lipinski definition) is 0. The van der Waals surface area contributed by atoms with Crippen LogP contribution in [-0.2, 0) is 9.53 Å². The summed E-state index contributed by atoms with van der Waals surface area (Å²) >= 11 is 0. The van der Waals surface area contributed by atoms with Crippen molar-refractivity contribution < 1.29 is 9.53 Å². The van der Waals surface area contributed by atoms with Crippen LogP contribution < -0.4 is 0 Å². The van der Waals surface area contributed by atoms with Gasteiger partial charge in [-0.1, -0.05) is 38.5 Å². The van der Waals surface area contributed by atoms with Gasteiger partial charge >= 0.3 is 5.97 Å². The normalized spacial score (nSPS) is 10.0. The summed E-state index contributed by atoms with van der Waals surface area (Å²) in [6, 6.07) is 1.89. The molecule has 0 aliphatic carbocycles. The molecule has 0 unspecified atom stereocenters. The maximum Gasteiger partial charge on any atom is 0.308 e. The van der Waals surface area contributed by atoms with E-state index in [1.807, 2.05) is 6.07 Å². The van der Waals surface area contributed by atoms with Crippen molar-refractivity contribution >= 4 is 5.97 Å². The van der Waals surface area contributed by atoms with E-state index < -0.39 is 5.97 Å². The van der Waals surface area contributed by atoms with E-state index in [1.165, 1.54) is 13.0 Å². The van der Waals surface area contributed by atoms with Crippen LogP contribution in [0.2, 0.25) is 0 Å². The first-order valence-corrected chi connectivity index (χ1v) is 5.07. The molecule has 0 aromatic heterocycles. The highest BCUT2D eigenvalue weighted by atomic mass is 16.5. The number of hydrogen-bond acceptors (Lipinski definition) is 3. The lowest BCUT2D eigenvalue weighted by Crippen LogP contribution is -1.95. The van der Waals surface area contributed by atoms with Crippen LogP contribution in [0.4, 0.5) is 0 Å². The molecular weight excluding hydrogens is 226 g/mol. The largest absolute Gasteiger partial charge is 0.427 e. The zero-order chi connectivity index (χ0) is 14.1. The summed E-state index contributed by atoms with van der Waals surface area (Å²) in [6.07, 6.45) is 6.31. The minimum Gasteiger partial charge on any atom is -0.427 e. The summed E-state index contributed by atoms with van der Waals surface area (Å²) in [4.78, 5) is 10.6. The first kappa shape index (κ1) is 15.4. The Morgan fingerprint density at radius 2 is 1.56 bits per heavy atom. The molecular formula is C15H15NO2. The van der Waals surface area contributed by atoms with Gasteiger partial charge in [0.15, 0.2) is 0 Å². The molecule has 0 amide bonds. The summed E-state index contributed by atoms with van der Waals surface area (Å²) in [5, 5.41) is 8.52. The molecule has 0 aliphatic rings. The minimum atomic E-state index is -0.431. The second kappa shape index (κ2) is 7.64. The molecule has 0 radical (unpaired) electrons. The number of carbonyl (C=O) groups excluding carboxylic acids is 1. The lowest BCUT2D eigenvalue weighted by atomic mass is 10.1. The van der Waals surface area contributed by atoms with Crippen molar-refractivity contribution in [3.63, 3.8) is 0 Å². The minimum absolute atomic E-state index is 0.224. The Morgan fingerprint density at radius 3 is 2.00 bits per heavy atom. The van der Waals surface area contributed by atoms with Crippen molar-refractivity contribution in [1.82, 2.24) is 0 Å². The number of nitriles is 1. The van der Waals surface area contributed by atoms with E-state index in [0.29, 0.717) is 16.7 Å². The van der Waals surface area contributed by atoms with Gasteiger partial charge in [0.05, 0.1) is 6.07 Å². The average Bonchev–Trinajstić information content (AvgIpc) is 2.31. The quantitative estimate of drug-likeness (QED) is 0.310. The summed E-state index contributed by atoms with van der Waals surface area (Å²) in [7, 11) is 0. The highest BCUT2D eigenvalue weighted by Gasteiger charge is 1.96. The topological polar surface area (TPSA) is 50.1 Å². The van der Waals surface area contributed by atoms with Crippen molar-refractivity contribution in [2.24, 2.45) is 0 Å². The van der Waals surface area contributed by atoms with E-state index in [9.17, 15) is 4.79 Å². The molecule has 0 aliphatic heterocycles. The van der Waals surface area contributed by atoms with Crippen molar-refractivity contribution in [2.75, 3.05) is 0 Å². The van der Waals surface area contributed by atoms with Gasteiger partial charge in [0, 0.05) is 12.5 Å². The molecule has 0 rings (SSSR count). The Morgan fingerprint density at radius 1 is 1.06 bits per heavy atom. The van der Waals surface area contributed by atoms with Gasteiger partial charge < -0.3 is 4.74 Å². The summed E-state index contributed by atoms with van der Waals surface area (Å²) < 4.78 is 4.73. The van der Waals surface area contributed by atoms with Crippen LogP contribution in [0, 0.1) is 11.3 Å². The van der Waals surface area contributed by atoms with Crippen molar-refractivity contribution in [3.8, 4) is 6.07 Å². The van der Waals surface area contributed by atoms with E-state index in [0.717, 1.165) is 0 Å². The molecule has 92 valence electrons. The van der Waals surface area contributed by atoms with Gasteiger partial charge in [0.2, 0.25) is 0 Å². The van der Waals surface area contributed by atoms with Gasteiger partial charge in [-0.3, -0.25) is 4.79 Å². The first-order valence-electron chi connectivity index (χ1n) is 5.07. The fraction of sp³-hybridized carbons (Fsp3) is 0.0667. The van der Waals surface area contributed by atoms with Crippen molar-refractivity contribution in [3.05, 3.63) is 73.1 Å². The number of allylic oxidation sites excluding steroid dienone is 7. The fourth-order valence-corrected chi connectivity index (χ4v) is 0.865. The molecule has 0 aromatic rings. The van der Waals surface area contributed by atoms with E-state index in [-0.39, 0.29) is 5.76 Å². The van der Waals surface area contributed by atoms with Gasteiger partial charge in [0.25, 0.3) is 0 Å². The number of carbonyl (C=O) groups is 1. The van der Waals surface area contributed by atoms with E-state index in [2.05, 4.69) is 26.3 Å². The van der Waals surface area contributed by atoms with Crippen LogP contribution in [0.1, 0.15) is 6.92 Å². The molecule has 0 bridgehead atoms. The van der Waals surface area contributed by atoms with Crippen LogP contribution in [-0.4, -0.2) is 5.97 Å². The Balaban J connectivity index is 4.47. The SMILES string of the molecule is C=C(C#N)/C=C\C(=C)C(=C)/C=C\C(=C)OC(C)=O. The number of esters is 1. The summed E-state index contributed by atoms with van der Waals surface area (Å²) in [6.45, 7) is 15.9. The van der Waals surface area contributed by atoms with Crippen molar-refractivity contribution in [1.29, 1.82) is 5.26 Å². The lowest BCUT2D eigenvalue weighted by Gasteiger charge is -2.01. The molecule has 0 fully saturated rings. The Kier molecular flexibility index (Phi) is 6.53. The standard InChI is InChI=1S/C15H15NO2/c1-11(10-16)6-7-12(2)13(3)8-9-14(4)18-15(5)17/h6-9H,1-4H2,5H3/b7-6-,9-8-. The van der Waals surface area contributed by atoms with Gasteiger partial charge in [-0.25, -0.2) is 0 Å². The molecule has 0 aromatic carbocycles. The van der Waals surface area contributed by atoms with Crippen LogP contribution in [0.5, 0.6) is 0 Å². The third-order valence-corrected chi connectivity index (χ3v) is 1.79. The van der Waals surface area contributed by atoms with Gasteiger partial charge in [0.1, 0.15) is 5.76 Å². The summed E-state index contributed by atoms with van der Waals surface area (Å²) in [5.41, 5.74) is 1.57. The van der Waals surface area contributed by atoms with Crippen LogP contribution >= 0.6 is 0 Å². The predicted octanol–water partition coefficient (Wildman–Crippen LogP) is 3.37. The zero-order valence-electron chi connectivity index (χ0n) is 10.4. The average molecular weight is 241 g/mol. The van der Waals surface area contributed by atoms with Gasteiger partial charge in [-0.05, 0) is 23.3 Å². The van der Waals surface area contributed by atoms with Crippen LogP contribution in [0.25, 0.3) is 0 Å². The molecule has 0 saturated heterocycles. The highest BCUT2D eigenvalue weighted by Crippen LogP contribution is 2.11. The Hall–Kier alpha value is -2.60. The maximum absolute atomic E-state index is 10.6. The lowest BCUT2D eigenvalue weighted by molar-refractivity contribution is -0.136. The second-order valence-corrected chi connectivity index (χ2v) is 3.41. The second-order valence-electron chi connectivity index (χ2n) is 3.41. The van der Waals surface area contributed by atoms with Gasteiger partial charge in [-0.15, -0.1) is 0 Å². The first-order chi connectivity index (χ1) is 8.36. The smallest absolute Gasteiger partial charge is 0.308 e. The third-order valence-electron chi connectivity index (χ3n) is 1.79.